The lowest BCUT2D eigenvalue weighted by atomic mass is 9.99. The standard InChI is InChI=1S/C24H19N3O/c1-3-16(6-5-11-25)18-7-9-23-21(13-18)22-14-19(8-10-24(22)28-23)17(4-2)12-20(27)15-26/h3-10,12-14,20H,2,27H2,1H3/b6-5-,16-3+,17-12+. The number of benzene rings is 2. The summed E-state index contributed by atoms with van der Waals surface area (Å²) in [4.78, 5) is 0. The van der Waals surface area contributed by atoms with E-state index in [0.29, 0.717) is 0 Å². The summed E-state index contributed by atoms with van der Waals surface area (Å²) in [6.07, 6.45) is 8.59. The van der Waals surface area contributed by atoms with E-state index in [9.17, 15) is 0 Å². The first-order valence-electron chi connectivity index (χ1n) is 8.80. The molecule has 4 nitrogen and oxygen atoms in total. The van der Waals surface area contributed by atoms with Crippen LogP contribution in [0.3, 0.4) is 0 Å². The Morgan fingerprint density at radius 3 is 2.18 bits per heavy atom. The number of hydrogen-bond acceptors (Lipinski definition) is 4. The number of nitrogens with two attached hydrogens (primary N) is 1. The zero-order valence-electron chi connectivity index (χ0n) is 15.5. The van der Waals surface area contributed by atoms with Gasteiger partial charge in [0, 0.05) is 16.8 Å². The van der Waals surface area contributed by atoms with E-state index in [1.165, 1.54) is 6.08 Å². The lowest BCUT2D eigenvalue weighted by molar-refractivity contribution is 0.669. The molecule has 1 heterocycles. The van der Waals surface area contributed by atoms with Crippen LogP contribution in [0.15, 0.2) is 77.8 Å². The van der Waals surface area contributed by atoms with Crippen LogP contribution in [-0.4, -0.2) is 6.04 Å². The van der Waals surface area contributed by atoms with E-state index in [-0.39, 0.29) is 0 Å². The van der Waals surface area contributed by atoms with Crippen LogP contribution in [0.2, 0.25) is 0 Å². The van der Waals surface area contributed by atoms with Gasteiger partial charge in [-0.2, -0.15) is 10.5 Å². The van der Waals surface area contributed by atoms with Gasteiger partial charge in [0.15, 0.2) is 0 Å². The lowest BCUT2D eigenvalue weighted by Gasteiger charge is -2.05. The second kappa shape index (κ2) is 8.22. The van der Waals surface area contributed by atoms with Gasteiger partial charge in [-0.15, -0.1) is 0 Å². The average Bonchev–Trinajstić information content (AvgIpc) is 3.09. The molecule has 0 radical (unpaired) electrons. The summed E-state index contributed by atoms with van der Waals surface area (Å²) in [7, 11) is 0. The molecule has 0 amide bonds. The van der Waals surface area contributed by atoms with Gasteiger partial charge < -0.3 is 10.2 Å². The zero-order chi connectivity index (χ0) is 20.1. The summed E-state index contributed by atoms with van der Waals surface area (Å²) in [6.45, 7) is 5.77. The van der Waals surface area contributed by atoms with E-state index in [2.05, 4.69) is 12.6 Å². The molecular formula is C24H19N3O. The number of hydrogen-bond donors (Lipinski definition) is 1. The van der Waals surface area contributed by atoms with Crippen LogP contribution in [0.4, 0.5) is 0 Å². The molecule has 0 saturated heterocycles. The van der Waals surface area contributed by atoms with Gasteiger partial charge in [0.2, 0.25) is 0 Å². The van der Waals surface area contributed by atoms with E-state index in [1.807, 2.05) is 55.5 Å². The summed E-state index contributed by atoms with van der Waals surface area (Å²) in [5, 5.41) is 19.7. The summed E-state index contributed by atoms with van der Waals surface area (Å²) >= 11 is 0. The Labute approximate surface area is 163 Å². The Kier molecular flexibility index (Phi) is 5.56. The Bertz CT molecular complexity index is 1230. The van der Waals surface area contributed by atoms with Crippen LogP contribution >= 0.6 is 0 Å². The Morgan fingerprint density at radius 1 is 1.07 bits per heavy atom. The lowest BCUT2D eigenvalue weighted by Crippen LogP contribution is -2.13. The number of nitrogens with zero attached hydrogens (tertiary/aromatic N) is 2. The van der Waals surface area contributed by atoms with Gasteiger partial charge >= 0.3 is 0 Å². The number of fused-ring (bicyclic) bond motifs is 3. The van der Waals surface area contributed by atoms with Crippen LogP contribution in [0.25, 0.3) is 33.1 Å². The fourth-order valence-electron chi connectivity index (χ4n) is 3.14. The molecule has 28 heavy (non-hydrogen) atoms. The van der Waals surface area contributed by atoms with Crippen LogP contribution in [0.5, 0.6) is 0 Å². The zero-order valence-corrected chi connectivity index (χ0v) is 15.5. The molecule has 136 valence electrons. The first-order chi connectivity index (χ1) is 13.6. The minimum Gasteiger partial charge on any atom is -0.456 e. The SMILES string of the molecule is C=C/C(=C\C(N)C#N)c1ccc2oc3ccc(C(/C=C\C#N)=C/C)cc3c2c1. The molecule has 0 bridgehead atoms. The highest BCUT2D eigenvalue weighted by molar-refractivity contribution is 6.07. The molecule has 1 unspecified atom stereocenters. The first-order valence-corrected chi connectivity index (χ1v) is 8.80. The van der Waals surface area contributed by atoms with E-state index in [4.69, 9.17) is 20.7 Å². The molecular weight excluding hydrogens is 346 g/mol. The van der Waals surface area contributed by atoms with Gasteiger partial charge in [-0.3, -0.25) is 0 Å². The Hall–Kier alpha value is -3.86. The molecule has 3 aromatic rings. The van der Waals surface area contributed by atoms with E-state index in [1.54, 1.807) is 18.2 Å². The first kappa shape index (κ1) is 18.9. The van der Waals surface area contributed by atoms with Gasteiger partial charge in [0.25, 0.3) is 0 Å². The van der Waals surface area contributed by atoms with Gasteiger partial charge in [-0.25, -0.2) is 0 Å². The molecule has 0 aliphatic rings. The van der Waals surface area contributed by atoms with Crippen molar-refractivity contribution in [1.82, 2.24) is 0 Å². The number of furan rings is 1. The maximum atomic E-state index is 8.97. The minimum absolute atomic E-state index is 0.694. The molecule has 3 rings (SSSR count). The van der Waals surface area contributed by atoms with Crippen molar-refractivity contribution in [2.45, 2.75) is 13.0 Å². The fourth-order valence-corrected chi connectivity index (χ4v) is 3.14. The van der Waals surface area contributed by atoms with Crippen LogP contribution in [0, 0.1) is 22.7 Å². The number of allylic oxidation sites excluding steroid dienone is 6. The molecule has 0 aliphatic heterocycles. The van der Waals surface area contributed by atoms with Gasteiger partial charge in [-0.05, 0) is 65.6 Å². The largest absolute Gasteiger partial charge is 0.456 e. The van der Waals surface area contributed by atoms with Crippen molar-refractivity contribution in [3.63, 3.8) is 0 Å². The highest BCUT2D eigenvalue weighted by Gasteiger charge is 2.11. The maximum Gasteiger partial charge on any atom is 0.135 e. The summed E-state index contributed by atoms with van der Waals surface area (Å²) in [6, 6.07) is 15.2. The molecule has 4 heteroatoms. The third kappa shape index (κ3) is 3.64. The van der Waals surface area contributed by atoms with Crippen molar-refractivity contribution >= 4 is 33.1 Å². The molecule has 0 saturated carbocycles. The number of nitriles is 2. The molecule has 0 spiro atoms. The van der Waals surface area contributed by atoms with Crippen molar-refractivity contribution in [2.75, 3.05) is 0 Å². The predicted octanol–water partition coefficient (Wildman–Crippen LogP) is 5.49. The molecule has 0 fully saturated rings. The third-order valence-corrected chi connectivity index (χ3v) is 4.51. The van der Waals surface area contributed by atoms with Gasteiger partial charge in [0.1, 0.15) is 17.2 Å². The second-order valence-electron chi connectivity index (χ2n) is 6.21. The van der Waals surface area contributed by atoms with Crippen molar-refractivity contribution in [3.8, 4) is 12.1 Å². The second-order valence-corrected chi connectivity index (χ2v) is 6.21. The quantitative estimate of drug-likeness (QED) is 0.478. The summed E-state index contributed by atoms with van der Waals surface area (Å²) < 4.78 is 5.96. The average molecular weight is 365 g/mol. The van der Waals surface area contributed by atoms with Crippen molar-refractivity contribution in [2.24, 2.45) is 5.73 Å². The molecule has 1 aromatic heterocycles. The molecule has 2 N–H and O–H groups in total. The van der Waals surface area contributed by atoms with E-state index in [0.717, 1.165) is 44.2 Å². The van der Waals surface area contributed by atoms with Crippen LogP contribution in [-0.2, 0) is 0 Å². The Balaban J connectivity index is 2.18. The van der Waals surface area contributed by atoms with E-state index < -0.39 is 6.04 Å². The highest BCUT2D eigenvalue weighted by Crippen LogP contribution is 2.33. The van der Waals surface area contributed by atoms with Crippen LogP contribution < -0.4 is 5.73 Å². The Morgan fingerprint density at radius 2 is 1.68 bits per heavy atom. The van der Waals surface area contributed by atoms with Gasteiger partial charge in [0.05, 0.1) is 12.1 Å². The van der Waals surface area contributed by atoms with Crippen molar-refractivity contribution in [1.29, 1.82) is 10.5 Å². The fraction of sp³-hybridized carbons (Fsp3) is 0.0833. The highest BCUT2D eigenvalue weighted by atomic mass is 16.3. The topological polar surface area (TPSA) is 86.7 Å². The minimum atomic E-state index is -0.694. The smallest absolute Gasteiger partial charge is 0.135 e. The van der Waals surface area contributed by atoms with Crippen LogP contribution in [0.1, 0.15) is 18.1 Å². The normalized spacial score (nSPS) is 13.6. The third-order valence-electron chi connectivity index (χ3n) is 4.51. The van der Waals surface area contributed by atoms with Gasteiger partial charge in [-0.1, -0.05) is 30.9 Å². The summed E-state index contributed by atoms with van der Waals surface area (Å²) in [5.74, 6) is 0. The molecule has 0 aliphatic carbocycles. The monoisotopic (exact) mass is 365 g/mol. The predicted molar refractivity (Wildman–Crippen MR) is 114 cm³/mol. The summed E-state index contributed by atoms with van der Waals surface area (Å²) in [5.41, 5.74) is 11.0. The van der Waals surface area contributed by atoms with E-state index >= 15 is 0 Å². The van der Waals surface area contributed by atoms with Crippen molar-refractivity contribution in [3.05, 3.63) is 84.5 Å². The molecule has 2 aromatic carbocycles. The molecule has 1 atom stereocenters. The maximum absolute atomic E-state index is 8.97. The van der Waals surface area contributed by atoms with Crippen molar-refractivity contribution < 1.29 is 4.42 Å². The number of rotatable bonds is 5.